The molecular weight excluding hydrogens is 276 g/mol. The summed E-state index contributed by atoms with van der Waals surface area (Å²) in [6, 6.07) is 3.99. The van der Waals surface area contributed by atoms with Gasteiger partial charge in [-0.2, -0.15) is 0 Å². The number of hydrogen-bond donors (Lipinski definition) is 0. The summed E-state index contributed by atoms with van der Waals surface area (Å²) in [5.74, 6) is 0.645. The smallest absolute Gasteiger partial charge is 0.410 e. The minimum atomic E-state index is -0.416. The van der Waals surface area contributed by atoms with Crippen LogP contribution in [-0.2, 0) is 4.74 Å². The normalized spacial score (nSPS) is 17.0. The molecule has 120 valence electrons. The van der Waals surface area contributed by atoms with Crippen LogP contribution in [0.25, 0.3) is 6.08 Å². The predicted octanol–water partition coefficient (Wildman–Crippen LogP) is 4.13. The Kier molecular flexibility index (Phi) is 5.58. The van der Waals surface area contributed by atoms with Crippen molar-refractivity contribution in [2.45, 2.75) is 45.6 Å². The minimum Gasteiger partial charge on any atom is -0.444 e. The molecule has 2 rings (SSSR count). The molecule has 0 atom stereocenters. The molecule has 1 fully saturated rings. The minimum absolute atomic E-state index is 0.183. The highest BCUT2D eigenvalue weighted by molar-refractivity contribution is 5.68. The van der Waals surface area contributed by atoms with Crippen LogP contribution in [0.3, 0.4) is 0 Å². The summed E-state index contributed by atoms with van der Waals surface area (Å²) in [7, 11) is 0. The molecule has 2 heterocycles. The van der Waals surface area contributed by atoms with E-state index < -0.39 is 5.60 Å². The number of pyridine rings is 1. The van der Waals surface area contributed by atoms with Crippen molar-refractivity contribution in [1.82, 2.24) is 9.88 Å². The second kappa shape index (κ2) is 7.43. The van der Waals surface area contributed by atoms with Crippen molar-refractivity contribution in [3.8, 4) is 0 Å². The molecule has 1 aromatic heterocycles. The van der Waals surface area contributed by atoms with Crippen LogP contribution in [0.15, 0.2) is 30.6 Å². The first-order valence-corrected chi connectivity index (χ1v) is 7.98. The number of aromatic nitrogens is 1. The number of amides is 1. The zero-order valence-corrected chi connectivity index (χ0v) is 13.8. The molecule has 0 N–H and O–H groups in total. The number of likely N-dealkylation sites (tertiary alicyclic amines) is 1. The van der Waals surface area contributed by atoms with Crippen LogP contribution >= 0.6 is 0 Å². The zero-order valence-electron chi connectivity index (χ0n) is 13.8. The lowest BCUT2D eigenvalue weighted by Crippen LogP contribution is -2.41. The maximum Gasteiger partial charge on any atom is 0.410 e. The Hall–Kier alpha value is -1.84. The zero-order chi connectivity index (χ0) is 16.0. The number of hydrogen-bond acceptors (Lipinski definition) is 3. The van der Waals surface area contributed by atoms with E-state index >= 15 is 0 Å². The van der Waals surface area contributed by atoms with E-state index in [9.17, 15) is 4.79 Å². The number of carbonyl (C=O) groups is 1. The average molecular weight is 302 g/mol. The van der Waals surface area contributed by atoms with Gasteiger partial charge in [-0.05, 0) is 57.6 Å². The van der Waals surface area contributed by atoms with E-state index in [1.54, 1.807) is 6.20 Å². The Balaban J connectivity index is 1.73. The SMILES string of the molecule is CC(C)(C)OC(=O)N1CCC(C/C=C/c2cccnc2)CC1. The monoisotopic (exact) mass is 302 g/mol. The lowest BCUT2D eigenvalue weighted by molar-refractivity contribution is 0.0185. The van der Waals surface area contributed by atoms with Crippen molar-refractivity contribution < 1.29 is 9.53 Å². The third kappa shape index (κ3) is 5.51. The molecule has 0 aliphatic carbocycles. The van der Waals surface area contributed by atoms with E-state index in [1.165, 1.54) is 0 Å². The van der Waals surface area contributed by atoms with Gasteiger partial charge < -0.3 is 9.64 Å². The molecule has 1 aliphatic heterocycles. The average Bonchev–Trinajstić information content (AvgIpc) is 2.47. The van der Waals surface area contributed by atoms with Crippen LogP contribution in [0, 0.1) is 5.92 Å². The second-order valence-corrected chi connectivity index (χ2v) is 6.84. The van der Waals surface area contributed by atoms with Gasteiger partial charge in [-0.1, -0.05) is 18.2 Å². The van der Waals surface area contributed by atoms with Crippen molar-refractivity contribution in [2.75, 3.05) is 13.1 Å². The molecule has 1 saturated heterocycles. The molecule has 0 saturated carbocycles. The fourth-order valence-corrected chi connectivity index (χ4v) is 2.55. The quantitative estimate of drug-likeness (QED) is 0.843. The molecule has 0 bridgehead atoms. The van der Waals surface area contributed by atoms with Crippen molar-refractivity contribution in [1.29, 1.82) is 0 Å². The van der Waals surface area contributed by atoms with E-state index in [0.29, 0.717) is 5.92 Å². The first-order valence-electron chi connectivity index (χ1n) is 7.98. The summed E-state index contributed by atoms with van der Waals surface area (Å²) in [5, 5.41) is 0. The first-order chi connectivity index (χ1) is 10.4. The van der Waals surface area contributed by atoms with E-state index in [0.717, 1.165) is 37.9 Å². The van der Waals surface area contributed by atoms with Gasteiger partial charge in [-0.25, -0.2) is 4.79 Å². The van der Waals surface area contributed by atoms with Crippen molar-refractivity contribution in [3.05, 3.63) is 36.2 Å². The Morgan fingerprint density at radius 1 is 1.41 bits per heavy atom. The lowest BCUT2D eigenvalue weighted by atomic mass is 9.93. The van der Waals surface area contributed by atoms with Gasteiger partial charge in [0.1, 0.15) is 5.60 Å². The van der Waals surface area contributed by atoms with Gasteiger partial charge in [0.2, 0.25) is 0 Å². The van der Waals surface area contributed by atoms with Gasteiger partial charge in [0.15, 0.2) is 0 Å². The van der Waals surface area contributed by atoms with E-state index in [4.69, 9.17) is 4.74 Å². The molecule has 0 radical (unpaired) electrons. The summed E-state index contributed by atoms with van der Waals surface area (Å²) in [6.07, 6.45) is 10.9. The third-order valence-corrected chi connectivity index (χ3v) is 3.73. The van der Waals surface area contributed by atoms with Gasteiger partial charge >= 0.3 is 6.09 Å². The molecule has 4 heteroatoms. The maximum atomic E-state index is 12.0. The molecule has 22 heavy (non-hydrogen) atoms. The Morgan fingerprint density at radius 2 is 2.14 bits per heavy atom. The first kappa shape index (κ1) is 16.5. The summed E-state index contributed by atoms with van der Waals surface area (Å²) in [6.45, 7) is 7.29. The topological polar surface area (TPSA) is 42.4 Å². The Labute approximate surface area is 133 Å². The largest absolute Gasteiger partial charge is 0.444 e. The molecule has 1 aromatic rings. The highest BCUT2D eigenvalue weighted by Crippen LogP contribution is 2.22. The molecule has 1 aliphatic rings. The summed E-state index contributed by atoms with van der Waals surface area (Å²) in [4.78, 5) is 17.9. The lowest BCUT2D eigenvalue weighted by Gasteiger charge is -2.33. The molecule has 0 unspecified atom stereocenters. The van der Waals surface area contributed by atoms with Crippen LogP contribution < -0.4 is 0 Å². The molecule has 0 spiro atoms. The molecule has 1 amide bonds. The van der Waals surface area contributed by atoms with Crippen LogP contribution in [-0.4, -0.2) is 34.7 Å². The van der Waals surface area contributed by atoms with Gasteiger partial charge in [-0.3, -0.25) is 4.98 Å². The third-order valence-electron chi connectivity index (χ3n) is 3.73. The number of nitrogens with zero attached hydrogens (tertiary/aromatic N) is 2. The summed E-state index contributed by atoms with van der Waals surface area (Å²) < 4.78 is 5.42. The number of ether oxygens (including phenoxy) is 1. The van der Waals surface area contributed by atoms with Gasteiger partial charge in [0.25, 0.3) is 0 Å². The predicted molar refractivity (Wildman–Crippen MR) is 88.4 cm³/mol. The van der Waals surface area contributed by atoms with Gasteiger partial charge in [-0.15, -0.1) is 0 Å². The number of rotatable bonds is 3. The summed E-state index contributed by atoms with van der Waals surface area (Å²) >= 11 is 0. The molecule has 0 aromatic carbocycles. The highest BCUT2D eigenvalue weighted by atomic mass is 16.6. The number of carbonyl (C=O) groups excluding carboxylic acids is 1. The van der Waals surface area contributed by atoms with E-state index in [1.807, 2.05) is 37.9 Å². The van der Waals surface area contributed by atoms with E-state index in [-0.39, 0.29) is 6.09 Å². The van der Waals surface area contributed by atoms with Crippen LogP contribution in [0.5, 0.6) is 0 Å². The van der Waals surface area contributed by atoms with Crippen LogP contribution in [0.4, 0.5) is 4.79 Å². The second-order valence-electron chi connectivity index (χ2n) is 6.84. The molecular formula is C18H26N2O2. The summed E-state index contributed by atoms with van der Waals surface area (Å²) in [5.41, 5.74) is 0.717. The fraction of sp³-hybridized carbons (Fsp3) is 0.556. The van der Waals surface area contributed by atoms with Gasteiger partial charge in [0.05, 0.1) is 0 Å². The highest BCUT2D eigenvalue weighted by Gasteiger charge is 2.26. The maximum absolute atomic E-state index is 12.0. The fourth-order valence-electron chi connectivity index (χ4n) is 2.55. The van der Waals surface area contributed by atoms with Crippen molar-refractivity contribution >= 4 is 12.2 Å². The molecule has 4 nitrogen and oxygen atoms in total. The van der Waals surface area contributed by atoms with Crippen molar-refractivity contribution in [3.63, 3.8) is 0 Å². The Morgan fingerprint density at radius 3 is 2.73 bits per heavy atom. The van der Waals surface area contributed by atoms with Crippen LogP contribution in [0.1, 0.15) is 45.6 Å². The number of allylic oxidation sites excluding steroid dienone is 1. The number of piperidine rings is 1. The Bertz CT molecular complexity index is 498. The van der Waals surface area contributed by atoms with Gasteiger partial charge in [0, 0.05) is 25.5 Å². The standard InChI is InChI=1S/C18H26N2O2/c1-18(2,3)22-17(21)20-12-9-15(10-13-20)6-4-7-16-8-5-11-19-14-16/h4-5,7-8,11,14-15H,6,9-10,12-13H2,1-3H3/b7-4+. The van der Waals surface area contributed by atoms with E-state index in [2.05, 4.69) is 23.2 Å². The van der Waals surface area contributed by atoms with Crippen LogP contribution in [0.2, 0.25) is 0 Å². The van der Waals surface area contributed by atoms with Crippen molar-refractivity contribution in [2.24, 2.45) is 5.92 Å².